The van der Waals surface area contributed by atoms with Crippen LogP contribution in [0.25, 0.3) is 10.9 Å². The van der Waals surface area contributed by atoms with Crippen LogP contribution in [0.2, 0.25) is 0 Å². The summed E-state index contributed by atoms with van der Waals surface area (Å²) in [6.07, 6.45) is 2.19. The normalized spacial score (nSPS) is 21.3. The van der Waals surface area contributed by atoms with E-state index in [1.807, 2.05) is 0 Å². The molecule has 1 aliphatic carbocycles. The molecule has 1 aromatic heterocycles. The monoisotopic (exact) mass is 526 g/mol. The maximum atomic E-state index is 15.8. The van der Waals surface area contributed by atoms with Crippen LogP contribution in [0.15, 0.2) is 17.1 Å². The van der Waals surface area contributed by atoms with E-state index in [4.69, 9.17) is 14.2 Å². The van der Waals surface area contributed by atoms with E-state index in [0.29, 0.717) is 18.7 Å². The van der Waals surface area contributed by atoms with Gasteiger partial charge in [-0.05, 0) is 46.6 Å². The van der Waals surface area contributed by atoms with Crippen LogP contribution in [-0.2, 0) is 14.2 Å². The molecule has 3 aliphatic rings. The first kappa shape index (κ1) is 26.0. The number of morpholine rings is 1. The first-order valence-corrected chi connectivity index (χ1v) is 12.9. The molecule has 10 nitrogen and oxygen atoms in total. The average molecular weight is 527 g/mol. The maximum absolute atomic E-state index is 15.8. The molecule has 0 spiro atoms. The first-order chi connectivity index (χ1) is 18.0. The molecule has 3 heterocycles. The number of aromatic nitrogens is 1. The highest BCUT2D eigenvalue weighted by molar-refractivity contribution is 5.97. The molecule has 38 heavy (non-hydrogen) atoms. The molecular formula is C27H31FN4O6. The fourth-order valence-corrected chi connectivity index (χ4v) is 5.31. The third-order valence-corrected chi connectivity index (χ3v) is 7.03. The van der Waals surface area contributed by atoms with E-state index in [-0.39, 0.29) is 47.9 Å². The molecule has 1 amide bonds. The third kappa shape index (κ3) is 4.58. The highest BCUT2D eigenvalue weighted by atomic mass is 19.1. The van der Waals surface area contributed by atoms with Crippen molar-refractivity contribution in [3.63, 3.8) is 0 Å². The molecule has 11 heteroatoms. The third-order valence-electron chi connectivity index (χ3n) is 7.03. The molecule has 1 aromatic carbocycles. The summed E-state index contributed by atoms with van der Waals surface area (Å²) in [7, 11) is 0. The van der Waals surface area contributed by atoms with Gasteiger partial charge in [-0.15, -0.1) is 0 Å². The van der Waals surface area contributed by atoms with Gasteiger partial charge in [0.2, 0.25) is 5.43 Å². The molecule has 202 valence electrons. The highest BCUT2D eigenvalue weighted by Gasteiger charge is 2.45. The summed E-state index contributed by atoms with van der Waals surface area (Å²) < 4.78 is 34.0. The molecule has 3 fully saturated rings. The highest BCUT2D eigenvalue weighted by Crippen LogP contribution is 2.41. The van der Waals surface area contributed by atoms with Crippen LogP contribution >= 0.6 is 0 Å². The van der Waals surface area contributed by atoms with Crippen LogP contribution in [-0.4, -0.2) is 72.1 Å². The Morgan fingerprint density at radius 3 is 2.63 bits per heavy atom. The number of hydrogen-bond donors (Lipinski definition) is 0. The minimum Gasteiger partial charge on any atom is -0.462 e. The molecule has 0 unspecified atom stereocenters. The Morgan fingerprint density at radius 1 is 1.26 bits per heavy atom. The van der Waals surface area contributed by atoms with Gasteiger partial charge >= 0.3 is 12.1 Å². The van der Waals surface area contributed by atoms with Crippen molar-refractivity contribution in [2.75, 3.05) is 37.7 Å². The van der Waals surface area contributed by atoms with E-state index in [1.165, 1.54) is 6.20 Å². The van der Waals surface area contributed by atoms with Gasteiger partial charge in [-0.25, -0.2) is 14.0 Å². The quantitative estimate of drug-likeness (QED) is 0.558. The lowest BCUT2D eigenvalue weighted by atomic mass is 10.0. The summed E-state index contributed by atoms with van der Waals surface area (Å²) in [5, 5.41) is 10.2. The van der Waals surface area contributed by atoms with Crippen molar-refractivity contribution < 1.29 is 28.2 Å². The minimum absolute atomic E-state index is 0.0103. The topological polar surface area (TPSA) is 114 Å². The fraction of sp³-hybridized carbons (Fsp3) is 0.556. The molecule has 2 aromatic rings. The number of rotatable bonds is 4. The Balaban J connectivity index is 1.58. The van der Waals surface area contributed by atoms with E-state index in [9.17, 15) is 19.6 Å². The number of nitrogens with zero attached hydrogens (tertiary/aromatic N) is 4. The van der Waals surface area contributed by atoms with E-state index in [2.05, 4.69) is 6.07 Å². The summed E-state index contributed by atoms with van der Waals surface area (Å²) in [4.78, 5) is 41.9. The number of esters is 1. The second-order valence-electron chi connectivity index (χ2n) is 10.9. The number of anilines is 1. The van der Waals surface area contributed by atoms with Gasteiger partial charge in [0, 0.05) is 31.9 Å². The maximum Gasteiger partial charge on any atom is 0.410 e. The lowest BCUT2D eigenvalue weighted by Gasteiger charge is -2.37. The van der Waals surface area contributed by atoms with Crippen molar-refractivity contribution >= 4 is 28.7 Å². The van der Waals surface area contributed by atoms with Gasteiger partial charge in [0.1, 0.15) is 28.6 Å². The fourth-order valence-electron chi connectivity index (χ4n) is 5.31. The van der Waals surface area contributed by atoms with E-state index in [0.717, 1.165) is 18.9 Å². The number of amides is 1. The number of pyridine rings is 1. The first-order valence-electron chi connectivity index (χ1n) is 12.9. The number of nitriles is 1. The van der Waals surface area contributed by atoms with Crippen LogP contribution in [0.4, 0.5) is 14.9 Å². The number of fused-ring (bicyclic) bond motifs is 2. The average Bonchev–Trinajstić information content (AvgIpc) is 3.60. The van der Waals surface area contributed by atoms with Crippen molar-refractivity contribution in [3.05, 3.63) is 39.4 Å². The van der Waals surface area contributed by atoms with E-state index >= 15 is 4.39 Å². The van der Waals surface area contributed by atoms with Crippen LogP contribution in [0, 0.1) is 17.1 Å². The summed E-state index contributed by atoms with van der Waals surface area (Å²) in [6, 6.07) is 2.82. The molecular weight excluding hydrogens is 495 g/mol. The smallest absolute Gasteiger partial charge is 0.410 e. The zero-order chi connectivity index (χ0) is 27.4. The molecule has 1 saturated carbocycles. The predicted molar refractivity (Wildman–Crippen MR) is 136 cm³/mol. The second-order valence-corrected chi connectivity index (χ2v) is 10.9. The minimum atomic E-state index is -0.778. The van der Waals surface area contributed by atoms with Crippen molar-refractivity contribution in [1.82, 2.24) is 9.47 Å². The lowest BCUT2D eigenvalue weighted by molar-refractivity contribution is -0.0567. The predicted octanol–water partition coefficient (Wildman–Crippen LogP) is 3.35. The number of halogens is 1. The number of carbonyl (C=O) groups excluding carboxylic acids is 2. The standard InChI is InChI=1S/C27H31FN4O6/c1-5-36-25(34)18-12-32(15-6-7-15)22-16(24(18)33)10-19(28)23(17(22)11-29)30-13-20-21(14-30)37-9-8-31(20)26(35)38-27(2,3)4/h10,12,15,20-21H,5-9,13-14H2,1-4H3/t20-,21-/m0/s1. The molecule has 0 bridgehead atoms. The Hall–Kier alpha value is -3.65. The van der Waals surface area contributed by atoms with E-state index < -0.39 is 41.1 Å². The zero-order valence-electron chi connectivity index (χ0n) is 22.0. The number of benzene rings is 1. The summed E-state index contributed by atoms with van der Waals surface area (Å²) >= 11 is 0. The van der Waals surface area contributed by atoms with Crippen LogP contribution in [0.3, 0.4) is 0 Å². The summed E-state index contributed by atoms with van der Waals surface area (Å²) in [5.74, 6) is -1.53. The van der Waals surface area contributed by atoms with Crippen LogP contribution < -0.4 is 10.3 Å². The van der Waals surface area contributed by atoms with E-state index in [1.54, 1.807) is 42.1 Å². The van der Waals surface area contributed by atoms with Gasteiger partial charge in [0.25, 0.3) is 0 Å². The van der Waals surface area contributed by atoms with Crippen LogP contribution in [0.1, 0.15) is 62.5 Å². The Labute approximate surface area is 219 Å². The molecule has 2 atom stereocenters. The van der Waals surface area contributed by atoms with Crippen molar-refractivity contribution in [3.8, 4) is 6.07 Å². The molecule has 0 radical (unpaired) electrons. The second kappa shape index (κ2) is 9.58. The Morgan fingerprint density at radius 2 is 2.00 bits per heavy atom. The largest absolute Gasteiger partial charge is 0.462 e. The van der Waals surface area contributed by atoms with Gasteiger partial charge < -0.3 is 23.7 Å². The van der Waals surface area contributed by atoms with Gasteiger partial charge in [-0.1, -0.05) is 0 Å². The molecule has 2 aliphatic heterocycles. The number of hydrogen-bond acceptors (Lipinski definition) is 8. The number of carbonyl (C=O) groups is 2. The summed E-state index contributed by atoms with van der Waals surface area (Å²) in [5.41, 5.74) is -1.16. The van der Waals surface area contributed by atoms with Crippen LogP contribution in [0.5, 0.6) is 0 Å². The lowest BCUT2D eigenvalue weighted by Crippen LogP contribution is -2.54. The Bertz CT molecular complexity index is 1400. The van der Waals surface area contributed by atoms with Crippen molar-refractivity contribution in [1.29, 1.82) is 5.26 Å². The van der Waals surface area contributed by atoms with Gasteiger partial charge in [0.15, 0.2) is 0 Å². The van der Waals surface area contributed by atoms with Gasteiger partial charge in [-0.3, -0.25) is 9.69 Å². The van der Waals surface area contributed by atoms with Crippen molar-refractivity contribution in [2.45, 2.75) is 64.3 Å². The molecule has 2 saturated heterocycles. The molecule has 5 rings (SSSR count). The SMILES string of the molecule is CCOC(=O)c1cn(C2CC2)c2c(C#N)c(N3C[C@@H]4OCCN(C(=O)OC(C)(C)C)[C@H]4C3)c(F)cc2c1=O. The zero-order valence-corrected chi connectivity index (χ0v) is 22.0. The van der Waals surface area contributed by atoms with Gasteiger partial charge in [0.05, 0.1) is 41.9 Å². The Kier molecular flexibility index (Phi) is 6.55. The number of ether oxygens (including phenoxy) is 3. The van der Waals surface area contributed by atoms with Gasteiger partial charge in [-0.2, -0.15) is 5.26 Å². The summed E-state index contributed by atoms with van der Waals surface area (Å²) in [6.45, 7) is 8.26. The molecule has 0 N–H and O–H groups in total. The van der Waals surface area contributed by atoms with Crippen molar-refractivity contribution in [2.24, 2.45) is 0 Å².